The average Bonchev–Trinajstić information content (AvgIpc) is 2.99. The van der Waals surface area contributed by atoms with Crippen LogP contribution >= 0.6 is 0 Å². The van der Waals surface area contributed by atoms with Gasteiger partial charge in [0.15, 0.2) is 0 Å². The van der Waals surface area contributed by atoms with Gasteiger partial charge in [0.1, 0.15) is 5.75 Å². The summed E-state index contributed by atoms with van der Waals surface area (Å²) in [6.45, 7) is 0.488. The summed E-state index contributed by atoms with van der Waals surface area (Å²) in [6, 6.07) is 17.3. The molecule has 0 atom stereocenters. The second kappa shape index (κ2) is 5.94. The molecular formula is C20H16N2O3. The molecule has 5 nitrogen and oxygen atoms in total. The van der Waals surface area contributed by atoms with Crippen LogP contribution in [0.3, 0.4) is 0 Å². The predicted molar refractivity (Wildman–Crippen MR) is 96.3 cm³/mol. The van der Waals surface area contributed by atoms with Crippen molar-refractivity contribution in [2.75, 3.05) is 7.11 Å². The van der Waals surface area contributed by atoms with E-state index in [1.165, 1.54) is 0 Å². The van der Waals surface area contributed by atoms with Crippen molar-refractivity contribution in [1.29, 1.82) is 0 Å². The molecule has 2 aromatic carbocycles. The third-order valence-electron chi connectivity index (χ3n) is 4.31. The minimum absolute atomic E-state index is 0.276. The Labute approximate surface area is 144 Å². The number of carboxylic acid groups (broad SMARTS) is 1. The van der Waals surface area contributed by atoms with Crippen LogP contribution in [0.4, 0.5) is 0 Å². The monoisotopic (exact) mass is 332 g/mol. The van der Waals surface area contributed by atoms with Crippen LogP contribution in [-0.4, -0.2) is 27.7 Å². The lowest BCUT2D eigenvalue weighted by molar-refractivity contribution is 0.0699. The van der Waals surface area contributed by atoms with E-state index in [4.69, 9.17) is 4.74 Å². The molecule has 4 aromatic rings. The fraction of sp³-hybridized carbons (Fsp3) is 0.100. The van der Waals surface area contributed by atoms with Gasteiger partial charge in [-0.2, -0.15) is 0 Å². The molecule has 5 heteroatoms. The molecule has 0 saturated carbocycles. The van der Waals surface area contributed by atoms with Gasteiger partial charge in [-0.05, 0) is 24.3 Å². The largest absolute Gasteiger partial charge is 0.497 e. The van der Waals surface area contributed by atoms with Crippen LogP contribution in [-0.2, 0) is 6.54 Å². The first-order valence-corrected chi connectivity index (χ1v) is 7.90. The maximum atomic E-state index is 11.5. The van der Waals surface area contributed by atoms with Crippen LogP contribution in [0, 0.1) is 0 Å². The van der Waals surface area contributed by atoms with E-state index >= 15 is 0 Å². The van der Waals surface area contributed by atoms with Gasteiger partial charge in [-0.3, -0.25) is 4.98 Å². The van der Waals surface area contributed by atoms with E-state index in [1.54, 1.807) is 25.4 Å². The SMILES string of the molecule is COc1ccc2c(C(=O)O)cn(Cc3ccc4ccccc4n3)c2c1. The highest BCUT2D eigenvalue weighted by Crippen LogP contribution is 2.27. The number of hydrogen-bond donors (Lipinski definition) is 1. The van der Waals surface area contributed by atoms with Gasteiger partial charge in [0.2, 0.25) is 0 Å². The van der Waals surface area contributed by atoms with Crippen molar-refractivity contribution in [3.8, 4) is 5.75 Å². The summed E-state index contributed by atoms with van der Waals surface area (Å²) in [5, 5.41) is 11.2. The number of methoxy groups -OCH3 is 1. The summed E-state index contributed by atoms with van der Waals surface area (Å²) in [6.07, 6.45) is 1.66. The molecular weight excluding hydrogens is 316 g/mol. The first kappa shape index (κ1) is 15.2. The molecule has 0 amide bonds. The summed E-state index contributed by atoms with van der Waals surface area (Å²) in [4.78, 5) is 16.2. The second-order valence-corrected chi connectivity index (χ2v) is 5.85. The molecule has 0 aliphatic rings. The van der Waals surface area contributed by atoms with Gasteiger partial charge in [0.25, 0.3) is 0 Å². The molecule has 0 unspecified atom stereocenters. The Balaban J connectivity index is 1.82. The summed E-state index contributed by atoms with van der Waals surface area (Å²) in [7, 11) is 1.59. The Kier molecular flexibility index (Phi) is 3.61. The summed E-state index contributed by atoms with van der Waals surface area (Å²) >= 11 is 0. The van der Waals surface area contributed by atoms with Crippen molar-refractivity contribution in [3.05, 3.63) is 72.1 Å². The molecule has 0 spiro atoms. The summed E-state index contributed by atoms with van der Waals surface area (Å²) in [5.41, 5.74) is 2.88. The van der Waals surface area contributed by atoms with Crippen LogP contribution in [0.15, 0.2) is 60.8 Å². The normalized spacial score (nSPS) is 11.1. The minimum atomic E-state index is -0.944. The Morgan fingerprint density at radius 1 is 1.16 bits per heavy atom. The van der Waals surface area contributed by atoms with Gasteiger partial charge >= 0.3 is 5.97 Å². The van der Waals surface area contributed by atoms with Gasteiger partial charge in [-0.1, -0.05) is 24.3 Å². The molecule has 0 fully saturated rings. The third kappa shape index (κ3) is 2.70. The lowest BCUT2D eigenvalue weighted by atomic mass is 10.1. The first-order chi connectivity index (χ1) is 12.2. The maximum absolute atomic E-state index is 11.5. The van der Waals surface area contributed by atoms with E-state index in [2.05, 4.69) is 4.98 Å². The molecule has 2 aromatic heterocycles. The molecule has 1 N–H and O–H groups in total. The van der Waals surface area contributed by atoms with Crippen molar-refractivity contribution in [2.45, 2.75) is 6.54 Å². The molecule has 0 bridgehead atoms. The Bertz CT molecular complexity index is 1100. The number of carbonyl (C=O) groups is 1. The topological polar surface area (TPSA) is 64.3 Å². The van der Waals surface area contributed by atoms with E-state index in [9.17, 15) is 9.90 Å². The van der Waals surface area contributed by atoms with Crippen LogP contribution in [0.5, 0.6) is 5.75 Å². The fourth-order valence-corrected chi connectivity index (χ4v) is 3.07. The predicted octanol–water partition coefficient (Wildman–Crippen LogP) is 3.94. The van der Waals surface area contributed by atoms with E-state index in [0.717, 1.165) is 22.1 Å². The van der Waals surface area contributed by atoms with Gasteiger partial charge in [0.05, 0.1) is 35.9 Å². The fourth-order valence-electron chi connectivity index (χ4n) is 3.07. The van der Waals surface area contributed by atoms with Crippen molar-refractivity contribution >= 4 is 27.8 Å². The van der Waals surface area contributed by atoms with E-state index < -0.39 is 5.97 Å². The highest BCUT2D eigenvalue weighted by Gasteiger charge is 2.15. The van der Waals surface area contributed by atoms with Crippen LogP contribution < -0.4 is 4.74 Å². The number of rotatable bonds is 4. The molecule has 0 aliphatic carbocycles. The zero-order valence-corrected chi connectivity index (χ0v) is 13.6. The van der Waals surface area contributed by atoms with Crippen molar-refractivity contribution in [1.82, 2.24) is 9.55 Å². The van der Waals surface area contributed by atoms with Crippen molar-refractivity contribution < 1.29 is 14.6 Å². The zero-order valence-electron chi connectivity index (χ0n) is 13.6. The zero-order chi connectivity index (χ0) is 17.4. The highest BCUT2D eigenvalue weighted by molar-refractivity contribution is 6.03. The van der Waals surface area contributed by atoms with Gasteiger partial charge in [-0.25, -0.2) is 4.79 Å². The van der Waals surface area contributed by atoms with Crippen LogP contribution in [0.2, 0.25) is 0 Å². The summed E-state index contributed by atoms with van der Waals surface area (Å²) < 4.78 is 7.18. The number of aromatic nitrogens is 2. The maximum Gasteiger partial charge on any atom is 0.337 e. The van der Waals surface area contributed by atoms with Gasteiger partial charge in [-0.15, -0.1) is 0 Å². The van der Waals surface area contributed by atoms with E-state index in [0.29, 0.717) is 17.7 Å². The quantitative estimate of drug-likeness (QED) is 0.615. The Morgan fingerprint density at radius 3 is 2.80 bits per heavy atom. The number of pyridine rings is 1. The highest BCUT2D eigenvalue weighted by atomic mass is 16.5. The molecule has 124 valence electrons. The van der Waals surface area contributed by atoms with Gasteiger partial charge in [0, 0.05) is 23.0 Å². The van der Waals surface area contributed by atoms with Crippen LogP contribution in [0.25, 0.3) is 21.8 Å². The molecule has 4 rings (SSSR count). The number of nitrogens with zero attached hydrogens (tertiary/aromatic N) is 2. The van der Waals surface area contributed by atoms with E-state index in [-0.39, 0.29) is 5.56 Å². The number of ether oxygens (including phenoxy) is 1. The lowest BCUT2D eigenvalue weighted by Crippen LogP contribution is -2.01. The Hall–Kier alpha value is -3.34. The van der Waals surface area contributed by atoms with Crippen LogP contribution in [0.1, 0.15) is 16.1 Å². The van der Waals surface area contributed by atoms with E-state index in [1.807, 2.05) is 47.0 Å². The molecule has 0 radical (unpaired) electrons. The molecule has 0 saturated heterocycles. The number of benzene rings is 2. The number of carboxylic acids is 1. The Morgan fingerprint density at radius 2 is 2.00 bits per heavy atom. The number of aromatic carboxylic acids is 1. The smallest absolute Gasteiger partial charge is 0.337 e. The lowest BCUT2D eigenvalue weighted by Gasteiger charge is -2.07. The van der Waals surface area contributed by atoms with Crippen molar-refractivity contribution in [2.24, 2.45) is 0 Å². The average molecular weight is 332 g/mol. The standard InChI is InChI=1S/C20H16N2O3/c1-25-15-8-9-16-17(20(23)24)12-22(19(16)10-15)11-14-7-6-13-4-2-3-5-18(13)21-14/h2-10,12H,11H2,1H3,(H,23,24). The number of fused-ring (bicyclic) bond motifs is 2. The molecule has 25 heavy (non-hydrogen) atoms. The second-order valence-electron chi connectivity index (χ2n) is 5.85. The summed E-state index contributed by atoms with van der Waals surface area (Å²) in [5.74, 6) is -0.254. The molecule has 0 aliphatic heterocycles. The van der Waals surface area contributed by atoms with Crippen molar-refractivity contribution in [3.63, 3.8) is 0 Å². The number of para-hydroxylation sites is 1. The third-order valence-corrected chi connectivity index (χ3v) is 4.31. The van der Waals surface area contributed by atoms with Gasteiger partial charge < -0.3 is 14.4 Å². The molecule has 2 heterocycles. The first-order valence-electron chi connectivity index (χ1n) is 7.90. The minimum Gasteiger partial charge on any atom is -0.497 e. The number of hydrogen-bond acceptors (Lipinski definition) is 3.